The predicted octanol–water partition coefficient (Wildman–Crippen LogP) is 5.52. The summed E-state index contributed by atoms with van der Waals surface area (Å²) >= 11 is 0. The molecule has 0 heterocycles. The van der Waals surface area contributed by atoms with Gasteiger partial charge in [0.05, 0.1) is 0 Å². The molecule has 0 saturated heterocycles. The lowest BCUT2D eigenvalue weighted by Gasteiger charge is -2.31. The van der Waals surface area contributed by atoms with E-state index in [2.05, 4.69) is 16.0 Å². The molecule has 3 aromatic carbocycles. The number of amides is 3. The lowest BCUT2D eigenvalue weighted by molar-refractivity contribution is -0.141. The molecule has 0 unspecified atom stereocenters. The summed E-state index contributed by atoms with van der Waals surface area (Å²) in [6, 6.07) is 23.6. The summed E-state index contributed by atoms with van der Waals surface area (Å²) in [4.78, 5) is 37.7. The molecule has 41 heavy (non-hydrogen) atoms. The van der Waals surface area contributed by atoms with Gasteiger partial charge in [-0.15, -0.1) is 0 Å². The summed E-state index contributed by atoms with van der Waals surface area (Å²) in [7, 11) is 0. The van der Waals surface area contributed by atoms with Gasteiger partial charge in [-0.25, -0.2) is 0 Å². The smallest absolute Gasteiger partial charge is 0.356 e. The summed E-state index contributed by atoms with van der Waals surface area (Å²) in [6.45, 7) is -0.664. The Balaban J connectivity index is 1.27. The molecule has 0 atom stereocenters. The van der Waals surface area contributed by atoms with Gasteiger partial charge in [0, 0.05) is 25.1 Å². The van der Waals surface area contributed by atoms with Crippen LogP contribution in [0.1, 0.15) is 60.0 Å². The minimum atomic E-state index is -4.51. The monoisotopic (exact) mass is 565 g/mol. The van der Waals surface area contributed by atoms with Gasteiger partial charge in [-0.05, 0) is 47.2 Å². The molecule has 0 radical (unpaired) electrons. The number of carbonyl (C=O) groups is 3. The molecule has 1 aliphatic rings. The fraction of sp³-hybridized carbons (Fsp3) is 0.344. The highest BCUT2D eigenvalue weighted by Gasteiger charge is 2.49. The molecule has 1 aliphatic carbocycles. The van der Waals surface area contributed by atoms with Crippen LogP contribution in [0.3, 0.4) is 0 Å². The van der Waals surface area contributed by atoms with Gasteiger partial charge in [-0.1, -0.05) is 86.0 Å². The zero-order valence-electron chi connectivity index (χ0n) is 22.7. The SMILES string of the molecule is O=C(CCNC(=O)c1ccccc1)NCCCCCCC1(C(=O)NCC(F)(F)F)c2ccccc2-c2ccccc21. The summed E-state index contributed by atoms with van der Waals surface area (Å²) < 4.78 is 39.0. The quantitative estimate of drug-likeness (QED) is 0.239. The molecule has 0 saturated carbocycles. The van der Waals surface area contributed by atoms with Crippen molar-refractivity contribution in [3.63, 3.8) is 0 Å². The first-order valence-corrected chi connectivity index (χ1v) is 13.9. The van der Waals surface area contributed by atoms with Crippen LogP contribution in [0.4, 0.5) is 13.2 Å². The Hall–Kier alpha value is -4.14. The fourth-order valence-corrected chi connectivity index (χ4v) is 5.45. The Kier molecular flexibility index (Phi) is 9.81. The average molecular weight is 566 g/mol. The van der Waals surface area contributed by atoms with Gasteiger partial charge in [-0.3, -0.25) is 14.4 Å². The van der Waals surface area contributed by atoms with Crippen LogP contribution >= 0.6 is 0 Å². The molecule has 3 aromatic rings. The number of carbonyl (C=O) groups excluding carboxylic acids is 3. The molecule has 216 valence electrons. The Morgan fingerprint density at radius 1 is 0.659 bits per heavy atom. The molecule has 6 nitrogen and oxygen atoms in total. The number of nitrogens with one attached hydrogen (secondary N) is 3. The zero-order chi connectivity index (χ0) is 29.3. The lowest BCUT2D eigenvalue weighted by atomic mass is 9.73. The van der Waals surface area contributed by atoms with Crippen molar-refractivity contribution in [3.8, 4) is 11.1 Å². The first-order chi connectivity index (χ1) is 19.7. The highest BCUT2D eigenvalue weighted by molar-refractivity contribution is 6.00. The highest BCUT2D eigenvalue weighted by Crippen LogP contribution is 2.51. The number of fused-ring (bicyclic) bond motifs is 3. The van der Waals surface area contributed by atoms with Gasteiger partial charge in [0.1, 0.15) is 12.0 Å². The molecule has 0 bridgehead atoms. The number of benzene rings is 3. The Morgan fingerprint density at radius 2 is 1.24 bits per heavy atom. The van der Waals surface area contributed by atoms with Gasteiger partial charge in [-0.2, -0.15) is 13.2 Å². The van der Waals surface area contributed by atoms with E-state index >= 15 is 0 Å². The topological polar surface area (TPSA) is 87.3 Å². The van der Waals surface area contributed by atoms with Gasteiger partial charge >= 0.3 is 6.18 Å². The van der Waals surface area contributed by atoms with Crippen LogP contribution in [0.2, 0.25) is 0 Å². The molecule has 9 heteroatoms. The van der Waals surface area contributed by atoms with Crippen LogP contribution in [0.15, 0.2) is 78.9 Å². The number of unbranched alkanes of at least 4 members (excludes halogenated alkanes) is 3. The molecular weight excluding hydrogens is 531 g/mol. The fourth-order valence-electron chi connectivity index (χ4n) is 5.45. The second-order valence-electron chi connectivity index (χ2n) is 10.2. The largest absolute Gasteiger partial charge is 0.405 e. The number of halogens is 3. The van der Waals surface area contributed by atoms with E-state index in [1.54, 1.807) is 24.3 Å². The van der Waals surface area contributed by atoms with E-state index in [1.807, 2.05) is 54.6 Å². The summed E-state index contributed by atoms with van der Waals surface area (Å²) in [6.07, 6.45) is -1.07. The normalized spacial score (nSPS) is 13.1. The maximum absolute atomic E-state index is 13.5. The number of hydrogen-bond donors (Lipinski definition) is 3. The maximum Gasteiger partial charge on any atom is 0.405 e. The van der Waals surface area contributed by atoms with Crippen molar-refractivity contribution in [3.05, 3.63) is 95.6 Å². The second kappa shape index (κ2) is 13.5. The number of hydrogen-bond acceptors (Lipinski definition) is 3. The van der Waals surface area contributed by atoms with Crippen LogP contribution in [0.5, 0.6) is 0 Å². The first kappa shape index (κ1) is 29.8. The Bertz CT molecular complexity index is 1310. The van der Waals surface area contributed by atoms with E-state index in [0.29, 0.717) is 24.9 Å². The van der Waals surface area contributed by atoms with Crippen LogP contribution in [-0.4, -0.2) is 43.5 Å². The predicted molar refractivity (Wildman–Crippen MR) is 151 cm³/mol. The Morgan fingerprint density at radius 3 is 1.88 bits per heavy atom. The molecule has 0 aromatic heterocycles. The average Bonchev–Trinajstić information content (AvgIpc) is 3.26. The van der Waals surface area contributed by atoms with E-state index in [0.717, 1.165) is 41.5 Å². The van der Waals surface area contributed by atoms with Crippen molar-refractivity contribution < 1.29 is 27.6 Å². The van der Waals surface area contributed by atoms with Crippen molar-refractivity contribution in [2.45, 2.75) is 50.1 Å². The third-order valence-electron chi connectivity index (χ3n) is 7.38. The second-order valence-corrected chi connectivity index (χ2v) is 10.2. The zero-order valence-corrected chi connectivity index (χ0v) is 22.7. The van der Waals surface area contributed by atoms with Crippen molar-refractivity contribution in [2.75, 3.05) is 19.6 Å². The third kappa shape index (κ3) is 7.34. The molecular formula is C32H34F3N3O3. The van der Waals surface area contributed by atoms with E-state index < -0.39 is 24.0 Å². The van der Waals surface area contributed by atoms with Gasteiger partial charge in [0.25, 0.3) is 5.91 Å². The van der Waals surface area contributed by atoms with Crippen molar-refractivity contribution in [2.24, 2.45) is 0 Å². The standard InChI is InChI=1S/C32H34F3N3O3/c33-32(34,35)22-38-30(41)31(26-16-8-6-14-24(26)25-15-7-9-17-27(25)31)19-10-1-2-11-20-36-28(39)18-21-37-29(40)23-12-4-3-5-13-23/h3-9,12-17H,1-2,10-11,18-22H2,(H,36,39)(H,37,40)(H,38,41). The molecule has 4 rings (SSSR count). The lowest BCUT2D eigenvalue weighted by Crippen LogP contribution is -2.47. The van der Waals surface area contributed by atoms with Gasteiger partial charge < -0.3 is 16.0 Å². The molecule has 0 fully saturated rings. The number of alkyl halides is 3. The van der Waals surface area contributed by atoms with Crippen LogP contribution in [0, 0.1) is 0 Å². The summed E-state index contributed by atoms with van der Waals surface area (Å²) in [5.41, 5.74) is 2.54. The highest BCUT2D eigenvalue weighted by atomic mass is 19.4. The van der Waals surface area contributed by atoms with Crippen molar-refractivity contribution in [1.82, 2.24) is 16.0 Å². The third-order valence-corrected chi connectivity index (χ3v) is 7.38. The molecule has 0 spiro atoms. The summed E-state index contributed by atoms with van der Waals surface area (Å²) in [5.74, 6) is -1.02. The molecule has 3 N–H and O–H groups in total. The van der Waals surface area contributed by atoms with Crippen LogP contribution in [0.25, 0.3) is 11.1 Å². The molecule has 0 aliphatic heterocycles. The van der Waals surface area contributed by atoms with Gasteiger partial charge in [0.2, 0.25) is 11.8 Å². The van der Waals surface area contributed by atoms with E-state index in [1.165, 1.54) is 0 Å². The number of rotatable bonds is 13. The van der Waals surface area contributed by atoms with Crippen LogP contribution in [-0.2, 0) is 15.0 Å². The van der Waals surface area contributed by atoms with E-state index in [9.17, 15) is 27.6 Å². The molecule has 3 amide bonds. The minimum Gasteiger partial charge on any atom is -0.356 e. The minimum absolute atomic E-state index is 0.155. The van der Waals surface area contributed by atoms with E-state index in [4.69, 9.17) is 0 Å². The van der Waals surface area contributed by atoms with Crippen molar-refractivity contribution in [1.29, 1.82) is 0 Å². The van der Waals surface area contributed by atoms with Gasteiger partial charge in [0.15, 0.2) is 0 Å². The summed E-state index contributed by atoms with van der Waals surface area (Å²) in [5, 5.41) is 7.73. The van der Waals surface area contributed by atoms with E-state index in [-0.39, 0.29) is 24.8 Å². The first-order valence-electron chi connectivity index (χ1n) is 13.9. The maximum atomic E-state index is 13.5. The van der Waals surface area contributed by atoms with Crippen molar-refractivity contribution >= 4 is 17.7 Å². The van der Waals surface area contributed by atoms with Crippen LogP contribution < -0.4 is 16.0 Å². The Labute approximate surface area is 237 Å².